The van der Waals surface area contributed by atoms with Crippen molar-refractivity contribution < 1.29 is 9.21 Å². The van der Waals surface area contributed by atoms with Crippen LogP contribution in [0.1, 0.15) is 30.4 Å². The van der Waals surface area contributed by atoms with Crippen molar-refractivity contribution in [1.82, 2.24) is 9.80 Å². The van der Waals surface area contributed by atoms with Crippen molar-refractivity contribution in [3.8, 4) is 0 Å². The molecule has 1 saturated heterocycles. The number of hydrogen-bond acceptors (Lipinski definition) is 4. The van der Waals surface area contributed by atoms with Crippen LogP contribution >= 0.6 is 11.3 Å². The van der Waals surface area contributed by atoms with Crippen molar-refractivity contribution in [1.29, 1.82) is 0 Å². The molecule has 1 amide bonds. The van der Waals surface area contributed by atoms with Crippen molar-refractivity contribution in [3.05, 3.63) is 46.5 Å². The molecular formula is C18H24N2O2S. The summed E-state index contributed by atoms with van der Waals surface area (Å²) in [5.74, 6) is 0.999. The van der Waals surface area contributed by atoms with Crippen LogP contribution in [0, 0.1) is 0 Å². The summed E-state index contributed by atoms with van der Waals surface area (Å²) in [5.41, 5.74) is 0. The molecule has 23 heavy (non-hydrogen) atoms. The van der Waals surface area contributed by atoms with E-state index in [1.807, 2.05) is 28.4 Å². The molecule has 0 aromatic carbocycles. The molecule has 0 unspecified atom stereocenters. The van der Waals surface area contributed by atoms with Gasteiger partial charge in [0, 0.05) is 37.5 Å². The van der Waals surface area contributed by atoms with Crippen molar-refractivity contribution in [3.63, 3.8) is 0 Å². The quantitative estimate of drug-likeness (QED) is 0.813. The van der Waals surface area contributed by atoms with Crippen molar-refractivity contribution in [2.45, 2.75) is 38.8 Å². The number of furan rings is 1. The summed E-state index contributed by atoms with van der Waals surface area (Å²) in [6.07, 6.45) is 4.89. The van der Waals surface area contributed by atoms with Crippen LogP contribution in [-0.2, 0) is 17.8 Å². The molecule has 0 bridgehead atoms. The SMILES string of the molecule is CC(=O)N(Cc1ccco1)C1CCN(CCc2cccs2)CC1. The van der Waals surface area contributed by atoms with Gasteiger partial charge in [-0.25, -0.2) is 0 Å². The Kier molecular flexibility index (Phi) is 5.51. The zero-order valence-electron chi connectivity index (χ0n) is 13.6. The largest absolute Gasteiger partial charge is 0.467 e. The predicted octanol–water partition coefficient (Wildman–Crippen LogP) is 3.40. The summed E-state index contributed by atoms with van der Waals surface area (Å²) >= 11 is 1.83. The van der Waals surface area contributed by atoms with E-state index in [-0.39, 0.29) is 5.91 Å². The number of rotatable bonds is 6. The molecule has 0 atom stereocenters. The standard InChI is InChI=1S/C18H24N2O2S/c1-15(21)20(14-17-4-2-12-22-17)16-6-9-19(10-7-16)11-8-18-5-3-13-23-18/h2-5,12-13,16H,6-11,14H2,1H3. The Bertz CT molecular complexity index is 587. The van der Waals surface area contributed by atoms with Gasteiger partial charge >= 0.3 is 0 Å². The van der Waals surface area contributed by atoms with Crippen LogP contribution in [-0.4, -0.2) is 41.4 Å². The lowest BCUT2D eigenvalue weighted by Crippen LogP contribution is -2.46. The highest BCUT2D eigenvalue weighted by atomic mass is 32.1. The van der Waals surface area contributed by atoms with Crippen molar-refractivity contribution in [2.24, 2.45) is 0 Å². The molecule has 0 spiro atoms. The van der Waals surface area contributed by atoms with Crippen molar-refractivity contribution in [2.75, 3.05) is 19.6 Å². The fourth-order valence-corrected chi connectivity index (χ4v) is 3.94. The zero-order chi connectivity index (χ0) is 16.1. The van der Waals surface area contributed by atoms with Crippen LogP contribution < -0.4 is 0 Å². The number of piperidine rings is 1. The predicted molar refractivity (Wildman–Crippen MR) is 92.4 cm³/mol. The van der Waals surface area contributed by atoms with E-state index in [0.29, 0.717) is 12.6 Å². The molecule has 0 radical (unpaired) electrons. The number of nitrogens with zero attached hydrogens (tertiary/aromatic N) is 2. The summed E-state index contributed by atoms with van der Waals surface area (Å²) in [4.78, 5) is 17.9. The van der Waals surface area contributed by atoms with Gasteiger partial charge in [0.1, 0.15) is 5.76 Å². The lowest BCUT2D eigenvalue weighted by Gasteiger charge is -2.37. The van der Waals surface area contributed by atoms with E-state index in [4.69, 9.17) is 4.42 Å². The average molecular weight is 332 g/mol. The molecule has 5 heteroatoms. The number of carbonyl (C=O) groups excluding carboxylic acids is 1. The number of amides is 1. The van der Waals surface area contributed by atoms with Crippen LogP contribution in [0.2, 0.25) is 0 Å². The first-order chi connectivity index (χ1) is 11.2. The number of carbonyl (C=O) groups is 1. The Morgan fingerprint density at radius 3 is 2.78 bits per heavy atom. The molecule has 2 aromatic rings. The third-order valence-corrected chi connectivity index (χ3v) is 5.50. The fourth-order valence-electron chi connectivity index (χ4n) is 3.25. The van der Waals surface area contributed by atoms with E-state index in [1.54, 1.807) is 13.2 Å². The Morgan fingerprint density at radius 2 is 2.17 bits per heavy atom. The minimum absolute atomic E-state index is 0.137. The van der Waals surface area contributed by atoms with E-state index in [9.17, 15) is 4.79 Å². The highest BCUT2D eigenvalue weighted by Gasteiger charge is 2.26. The van der Waals surface area contributed by atoms with E-state index >= 15 is 0 Å². The second-order valence-electron chi connectivity index (χ2n) is 6.13. The second-order valence-corrected chi connectivity index (χ2v) is 7.16. The maximum Gasteiger partial charge on any atom is 0.220 e. The monoisotopic (exact) mass is 332 g/mol. The first-order valence-electron chi connectivity index (χ1n) is 8.26. The number of hydrogen-bond donors (Lipinski definition) is 0. The summed E-state index contributed by atoms with van der Waals surface area (Å²) in [5, 5.41) is 2.14. The number of likely N-dealkylation sites (tertiary alicyclic amines) is 1. The van der Waals surface area contributed by atoms with E-state index in [2.05, 4.69) is 22.4 Å². The second kappa shape index (κ2) is 7.79. The Balaban J connectivity index is 1.49. The van der Waals surface area contributed by atoms with Gasteiger partial charge < -0.3 is 14.2 Å². The number of thiophene rings is 1. The van der Waals surface area contributed by atoms with Gasteiger partial charge in [0.2, 0.25) is 5.91 Å². The van der Waals surface area contributed by atoms with Gasteiger partial charge in [0.15, 0.2) is 0 Å². The molecule has 3 heterocycles. The first kappa shape index (κ1) is 16.3. The molecule has 124 valence electrons. The summed E-state index contributed by atoms with van der Waals surface area (Å²) in [7, 11) is 0. The highest BCUT2D eigenvalue weighted by molar-refractivity contribution is 7.09. The molecule has 1 aliphatic rings. The molecule has 1 fully saturated rings. The Labute approximate surface area is 141 Å². The van der Waals surface area contributed by atoms with Gasteiger partial charge in [-0.1, -0.05) is 6.07 Å². The lowest BCUT2D eigenvalue weighted by atomic mass is 10.0. The van der Waals surface area contributed by atoms with Crippen LogP contribution in [0.25, 0.3) is 0 Å². The normalized spacial score (nSPS) is 16.6. The molecule has 1 aliphatic heterocycles. The van der Waals surface area contributed by atoms with Crippen molar-refractivity contribution >= 4 is 17.2 Å². The summed E-state index contributed by atoms with van der Waals surface area (Å²) in [6, 6.07) is 8.46. The molecular weight excluding hydrogens is 308 g/mol. The van der Waals surface area contributed by atoms with Gasteiger partial charge in [-0.05, 0) is 42.8 Å². The first-order valence-corrected chi connectivity index (χ1v) is 9.14. The summed E-state index contributed by atoms with van der Waals surface area (Å²) < 4.78 is 5.40. The maximum absolute atomic E-state index is 12.0. The Hall–Kier alpha value is -1.59. The van der Waals surface area contributed by atoms with Crippen LogP contribution in [0.3, 0.4) is 0 Å². The molecule has 2 aromatic heterocycles. The maximum atomic E-state index is 12.0. The molecule has 3 rings (SSSR count). The lowest BCUT2D eigenvalue weighted by molar-refractivity contribution is -0.133. The molecule has 4 nitrogen and oxygen atoms in total. The molecule has 0 saturated carbocycles. The fraction of sp³-hybridized carbons (Fsp3) is 0.500. The minimum Gasteiger partial charge on any atom is -0.467 e. The zero-order valence-corrected chi connectivity index (χ0v) is 14.4. The third-order valence-electron chi connectivity index (χ3n) is 4.56. The molecule has 0 aliphatic carbocycles. The average Bonchev–Trinajstić information content (AvgIpc) is 3.24. The minimum atomic E-state index is 0.137. The van der Waals surface area contributed by atoms with Crippen LogP contribution in [0.5, 0.6) is 0 Å². The topological polar surface area (TPSA) is 36.7 Å². The van der Waals surface area contributed by atoms with Gasteiger partial charge in [0.05, 0.1) is 12.8 Å². The van der Waals surface area contributed by atoms with Gasteiger partial charge in [0.25, 0.3) is 0 Å². The van der Waals surface area contributed by atoms with Crippen LogP contribution in [0.15, 0.2) is 40.3 Å². The smallest absolute Gasteiger partial charge is 0.220 e. The van der Waals surface area contributed by atoms with E-state index < -0.39 is 0 Å². The van der Waals surface area contributed by atoms with Gasteiger partial charge in [-0.2, -0.15) is 0 Å². The van der Waals surface area contributed by atoms with E-state index in [0.717, 1.165) is 44.7 Å². The third kappa shape index (κ3) is 4.45. The summed E-state index contributed by atoms with van der Waals surface area (Å²) in [6.45, 7) is 5.50. The molecule has 0 N–H and O–H groups in total. The highest BCUT2D eigenvalue weighted by Crippen LogP contribution is 2.20. The Morgan fingerprint density at radius 1 is 1.35 bits per heavy atom. The van der Waals surface area contributed by atoms with Gasteiger partial charge in [-0.15, -0.1) is 11.3 Å². The van der Waals surface area contributed by atoms with Crippen LogP contribution in [0.4, 0.5) is 0 Å². The van der Waals surface area contributed by atoms with Gasteiger partial charge in [-0.3, -0.25) is 4.79 Å². The van der Waals surface area contributed by atoms with E-state index in [1.165, 1.54) is 4.88 Å².